The number of ether oxygens (including phenoxy) is 1. The molecule has 0 aliphatic carbocycles. The molecule has 0 spiro atoms. The van der Waals surface area contributed by atoms with Crippen molar-refractivity contribution in [1.82, 2.24) is 5.32 Å². The molecule has 0 bridgehead atoms. The van der Waals surface area contributed by atoms with E-state index in [2.05, 4.69) is 5.32 Å². The first-order chi connectivity index (χ1) is 16.0. The number of hydrogen-bond acceptors (Lipinski definition) is 4. The normalized spacial score (nSPS) is 16.8. The number of sulfonamides is 1. The number of para-hydroxylation sites is 1. The predicted molar refractivity (Wildman–Crippen MR) is 134 cm³/mol. The van der Waals surface area contributed by atoms with Crippen molar-refractivity contribution in [2.45, 2.75) is 43.7 Å². The van der Waals surface area contributed by atoms with Crippen molar-refractivity contribution in [2.75, 3.05) is 10.8 Å². The van der Waals surface area contributed by atoms with Crippen molar-refractivity contribution in [1.29, 1.82) is 0 Å². The second kappa shape index (κ2) is 9.31. The number of benzene rings is 3. The maximum Gasteiger partial charge on any atom is 0.264 e. The summed E-state index contributed by atoms with van der Waals surface area (Å²) in [6.45, 7) is 5.43. The molecule has 1 unspecified atom stereocenters. The van der Waals surface area contributed by atoms with Gasteiger partial charge in [-0.2, -0.15) is 0 Å². The quantitative estimate of drug-likeness (QED) is 0.503. The summed E-state index contributed by atoms with van der Waals surface area (Å²) in [5.74, 6) is 0.300. The Labute approximate surface area is 205 Å². The summed E-state index contributed by atoms with van der Waals surface area (Å²) in [5.41, 5.74) is 1.69. The fourth-order valence-corrected chi connectivity index (χ4v) is 5.61. The van der Waals surface area contributed by atoms with Gasteiger partial charge in [-0.1, -0.05) is 47.5 Å². The molecule has 1 aliphatic heterocycles. The lowest BCUT2D eigenvalue weighted by Crippen LogP contribution is -2.45. The summed E-state index contributed by atoms with van der Waals surface area (Å²) >= 11 is 6.02. The minimum absolute atomic E-state index is 0.110. The van der Waals surface area contributed by atoms with Crippen LogP contribution in [0.3, 0.4) is 0 Å². The standard InChI is InChI=1S/C26H27ClN2O4S/c1-18-8-14-21(15-9-18)34(31,32)29(20-12-10-19(27)11-13-20)17-25(30)28-23-16-26(2,3)33-24-7-5-4-6-22(23)24/h4-15,23H,16-17H2,1-3H3,(H,28,30). The first-order valence-electron chi connectivity index (χ1n) is 11.0. The Kier molecular flexibility index (Phi) is 6.60. The highest BCUT2D eigenvalue weighted by molar-refractivity contribution is 7.92. The third-order valence-corrected chi connectivity index (χ3v) is 7.76. The van der Waals surface area contributed by atoms with E-state index in [0.717, 1.165) is 15.4 Å². The Bertz CT molecular complexity index is 1290. The Hall–Kier alpha value is -3.03. The zero-order valence-electron chi connectivity index (χ0n) is 19.3. The SMILES string of the molecule is Cc1ccc(S(=O)(=O)N(CC(=O)NC2CC(C)(C)Oc3ccccc32)c2ccc(Cl)cc2)cc1. The smallest absolute Gasteiger partial charge is 0.264 e. The molecule has 0 saturated heterocycles. The Balaban J connectivity index is 1.64. The van der Waals surface area contributed by atoms with Crippen LogP contribution < -0.4 is 14.4 Å². The van der Waals surface area contributed by atoms with Crippen molar-refractivity contribution in [3.8, 4) is 5.75 Å². The highest BCUT2D eigenvalue weighted by Gasteiger charge is 2.35. The molecule has 4 rings (SSSR count). The summed E-state index contributed by atoms with van der Waals surface area (Å²) < 4.78 is 34.3. The van der Waals surface area contributed by atoms with Crippen LogP contribution >= 0.6 is 11.6 Å². The minimum Gasteiger partial charge on any atom is -0.487 e. The number of halogens is 1. The highest BCUT2D eigenvalue weighted by Crippen LogP contribution is 2.39. The van der Waals surface area contributed by atoms with Gasteiger partial charge in [0, 0.05) is 17.0 Å². The van der Waals surface area contributed by atoms with Gasteiger partial charge in [-0.25, -0.2) is 8.42 Å². The number of anilines is 1. The van der Waals surface area contributed by atoms with Gasteiger partial charge in [0.1, 0.15) is 17.9 Å². The van der Waals surface area contributed by atoms with Crippen LogP contribution in [0.15, 0.2) is 77.7 Å². The van der Waals surface area contributed by atoms with Gasteiger partial charge < -0.3 is 10.1 Å². The van der Waals surface area contributed by atoms with Gasteiger partial charge in [-0.05, 0) is 63.2 Å². The van der Waals surface area contributed by atoms with Crippen LogP contribution in [0.2, 0.25) is 5.02 Å². The van der Waals surface area contributed by atoms with E-state index in [9.17, 15) is 13.2 Å². The van der Waals surface area contributed by atoms with Gasteiger partial charge in [-0.15, -0.1) is 0 Å². The number of carbonyl (C=O) groups excluding carboxylic acids is 1. The number of amides is 1. The van der Waals surface area contributed by atoms with Crippen molar-refractivity contribution < 1.29 is 17.9 Å². The minimum atomic E-state index is -4.00. The largest absolute Gasteiger partial charge is 0.487 e. The van der Waals surface area contributed by atoms with Gasteiger partial charge in [0.2, 0.25) is 5.91 Å². The molecular formula is C26H27ClN2O4S. The van der Waals surface area contributed by atoms with Gasteiger partial charge in [-0.3, -0.25) is 9.10 Å². The molecule has 1 heterocycles. The van der Waals surface area contributed by atoms with Crippen LogP contribution in [-0.2, 0) is 14.8 Å². The van der Waals surface area contributed by atoms with E-state index in [1.807, 2.05) is 45.0 Å². The zero-order chi connectivity index (χ0) is 24.5. The van der Waals surface area contributed by atoms with Crippen LogP contribution in [0.1, 0.15) is 37.4 Å². The van der Waals surface area contributed by atoms with Crippen LogP contribution in [-0.4, -0.2) is 26.5 Å². The van der Waals surface area contributed by atoms with Crippen molar-refractivity contribution in [3.63, 3.8) is 0 Å². The molecule has 0 aromatic heterocycles. The fraction of sp³-hybridized carbons (Fsp3) is 0.269. The molecule has 6 nitrogen and oxygen atoms in total. The summed E-state index contributed by atoms with van der Waals surface area (Å²) in [6, 6.07) is 20.2. The Morgan fingerprint density at radius 3 is 2.38 bits per heavy atom. The topological polar surface area (TPSA) is 75.7 Å². The van der Waals surface area contributed by atoms with E-state index in [-0.39, 0.29) is 17.5 Å². The average Bonchev–Trinajstić information content (AvgIpc) is 2.77. The number of carbonyl (C=O) groups is 1. The third-order valence-electron chi connectivity index (χ3n) is 5.72. The summed E-state index contributed by atoms with van der Waals surface area (Å²) in [5, 5.41) is 3.50. The second-order valence-electron chi connectivity index (χ2n) is 9.02. The average molecular weight is 499 g/mol. The van der Waals surface area contributed by atoms with E-state index in [1.54, 1.807) is 48.5 Å². The summed E-state index contributed by atoms with van der Waals surface area (Å²) in [6.07, 6.45) is 0.557. The van der Waals surface area contributed by atoms with Gasteiger partial charge in [0.15, 0.2) is 0 Å². The number of aryl methyl sites for hydroxylation is 1. The molecule has 8 heteroatoms. The molecule has 34 heavy (non-hydrogen) atoms. The van der Waals surface area contributed by atoms with Crippen molar-refractivity contribution in [3.05, 3.63) is 88.9 Å². The molecule has 1 amide bonds. The molecule has 178 valence electrons. The van der Waals surface area contributed by atoms with Gasteiger partial charge in [0.25, 0.3) is 10.0 Å². The number of nitrogens with one attached hydrogen (secondary N) is 1. The van der Waals surface area contributed by atoms with E-state index >= 15 is 0 Å². The van der Waals surface area contributed by atoms with Gasteiger partial charge >= 0.3 is 0 Å². The maximum absolute atomic E-state index is 13.6. The van der Waals surface area contributed by atoms with Crippen molar-refractivity contribution in [2.24, 2.45) is 0 Å². The lowest BCUT2D eigenvalue weighted by molar-refractivity contribution is -0.120. The molecular weight excluding hydrogens is 472 g/mol. The van der Waals surface area contributed by atoms with Crippen LogP contribution in [0.25, 0.3) is 0 Å². The van der Waals surface area contributed by atoms with E-state index in [4.69, 9.17) is 16.3 Å². The Morgan fingerprint density at radius 1 is 1.06 bits per heavy atom. The molecule has 0 radical (unpaired) electrons. The monoisotopic (exact) mass is 498 g/mol. The van der Waals surface area contributed by atoms with Crippen LogP contribution in [0, 0.1) is 6.92 Å². The zero-order valence-corrected chi connectivity index (χ0v) is 20.9. The fourth-order valence-electron chi connectivity index (χ4n) is 4.06. The van der Waals surface area contributed by atoms with Gasteiger partial charge in [0.05, 0.1) is 16.6 Å². The molecule has 1 aliphatic rings. The first-order valence-corrected chi connectivity index (χ1v) is 12.8. The third kappa shape index (κ3) is 5.21. The van der Waals surface area contributed by atoms with Crippen LogP contribution in [0.4, 0.5) is 5.69 Å². The molecule has 1 N–H and O–H groups in total. The lowest BCUT2D eigenvalue weighted by atomic mass is 9.89. The molecule has 3 aromatic carbocycles. The van der Waals surface area contributed by atoms with E-state index < -0.39 is 21.5 Å². The summed E-state index contributed by atoms with van der Waals surface area (Å²) in [4.78, 5) is 13.3. The predicted octanol–water partition coefficient (Wildman–Crippen LogP) is 5.26. The van der Waals surface area contributed by atoms with E-state index in [1.165, 1.54) is 0 Å². The molecule has 0 fully saturated rings. The molecule has 0 saturated carbocycles. The summed E-state index contributed by atoms with van der Waals surface area (Å²) in [7, 11) is -4.00. The van der Waals surface area contributed by atoms with E-state index in [0.29, 0.717) is 22.9 Å². The molecule has 3 aromatic rings. The molecule has 1 atom stereocenters. The van der Waals surface area contributed by atoms with Crippen molar-refractivity contribution >= 4 is 33.2 Å². The van der Waals surface area contributed by atoms with Crippen LogP contribution in [0.5, 0.6) is 5.75 Å². The first kappa shape index (κ1) is 24.1. The Morgan fingerprint density at radius 2 is 1.71 bits per heavy atom. The maximum atomic E-state index is 13.6. The number of nitrogens with zero attached hydrogens (tertiary/aromatic N) is 1. The number of fused-ring (bicyclic) bond motifs is 1. The lowest BCUT2D eigenvalue weighted by Gasteiger charge is -2.38. The number of rotatable bonds is 6. The highest BCUT2D eigenvalue weighted by atomic mass is 35.5. The number of hydrogen-bond donors (Lipinski definition) is 1. The second-order valence-corrected chi connectivity index (χ2v) is 11.3.